The predicted molar refractivity (Wildman–Crippen MR) is 67.4 cm³/mol. The van der Waals surface area contributed by atoms with E-state index < -0.39 is 15.8 Å². The standard InChI is InChI=1S/C10H12FN5O2S/c1-6-9(12)10(16(2)14-6)15-19(17,18)8-3-7(11)4-13-5-8/h3-5,15H,12H2,1-2H3. The van der Waals surface area contributed by atoms with Crippen molar-refractivity contribution >= 4 is 21.5 Å². The zero-order chi connectivity index (χ0) is 14.2. The molecule has 0 aliphatic carbocycles. The summed E-state index contributed by atoms with van der Waals surface area (Å²) in [5.41, 5.74) is 6.43. The Kier molecular flexibility index (Phi) is 3.14. The summed E-state index contributed by atoms with van der Waals surface area (Å²) in [6, 6.07) is 0.870. The fourth-order valence-electron chi connectivity index (χ4n) is 1.52. The largest absolute Gasteiger partial charge is 0.394 e. The molecule has 0 saturated heterocycles. The Morgan fingerprint density at radius 3 is 2.63 bits per heavy atom. The van der Waals surface area contributed by atoms with Crippen molar-refractivity contribution in [2.75, 3.05) is 10.5 Å². The number of sulfonamides is 1. The van der Waals surface area contributed by atoms with Crippen LogP contribution in [0.5, 0.6) is 0 Å². The van der Waals surface area contributed by atoms with Gasteiger partial charge in [0.15, 0.2) is 5.82 Å². The molecule has 2 rings (SSSR count). The first kappa shape index (κ1) is 13.3. The first-order valence-corrected chi connectivity index (χ1v) is 6.72. The molecule has 0 spiro atoms. The van der Waals surface area contributed by atoms with Gasteiger partial charge in [0.1, 0.15) is 10.7 Å². The number of nitrogens with two attached hydrogens (primary N) is 1. The number of aromatic nitrogens is 3. The van der Waals surface area contributed by atoms with Crippen LogP contribution in [0.25, 0.3) is 0 Å². The maximum Gasteiger partial charge on any atom is 0.264 e. The first-order chi connectivity index (χ1) is 8.81. The lowest BCUT2D eigenvalue weighted by atomic mass is 10.4. The average molecular weight is 285 g/mol. The predicted octanol–water partition coefficient (Wildman–Crippen LogP) is 0.646. The highest BCUT2D eigenvalue weighted by Crippen LogP contribution is 2.24. The fourth-order valence-corrected chi connectivity index (χ4v) is 2.60. The van der Waals surface area contributed by atoms with Crippen molar-refractivity contribution in [2.45, 2.75) is 11.8 Å². The molecule has 7 nitrogen and oxygen atoms in total. The molecule has 0 unspecified atom stereocenters. The Morgan fingerprint density at radius 1 is 1.42 bits per heavy atom. The van der Waals surface area contributed by atoms with E-state index >= 15 is 0 Å². The highest BCUT2D eigenvalue weighted by Gasteiger charge is 2.20. The van der Waals surface area contributed by atoms with Crippen LogP contribution in [0.4, 0.5) is 15.9 Å². The third-order valence-electron chi connectivity index (χ3n) is 2.49. The molecular weight excluding hydrogens is 273 g/mol. The number of rotatable bonds is 3. The highest BCUT2D eigenvalue weighted by molar-refractivity contribution is 7.92. The number of anilines is 2. The minimum Gasteiger partial charge on any atom is -0.394 e. The van der Waals surface area contributed by atoms with Crippen LogP contribution < -0.4 is 10.5 Å². The molecule has 3 N–H and O–H groups in total. The molecule has 102 valence electrons. The van der Waals surface area contributed by atoms with Crippen LogP contribution in [0.2, 0.25) is 0 Å². The summed E-state index contributed by atoms with van der Waals surface area (Å²) >= 11 is 0. The molecule has 0 amide bonds. The van der Waals surface area contributed by atoms with E-state index in [9.17, 15) is 12.8 Å². The van der Waals surface area contributed by atoms with Crippen molar-refractivity contribution in [3.8, 4) is 0 Å². The van der Waals surface area contributed by atoms with Crippen LogP contribution in [0.3, 0.4) is 0 Å². The van der Waals surface area contributed by atoms with Crippen molar-refractivity contribution in [3.05, 3.63) is 30.0 Å². The van der Waals surface area contributed by atoms with E-state index in [1.165, 1.54) is 4.68 Å². The second-order valence-electron chi connectivity index (χ2n) is 3.92. The quantitative estimate of drug-likeness (QED) is 0.861. The number of nitrogen functional groups attached to an aromatic ring is 1. The summed E-state index contributed by atoms with van der Waals surface area (Å²) in [5.74, 6) is -0.612. The molecule has 9 heteroatoms. The van der Waals surface area contributed by atoms with Gasteiger partial charge in [-0.15, -0.1) is 0 Å². The number of hydrogen-bond acceptors (Lipinski definition) is 5. The summed E-state index contributed by atoms with van der Waals surface area (Å²) in [7, 11) is -2.41. The summed E-state index contributed by atoms with van der Waals surface area (Å²) in [5, 5.41) is 3.98. The lowest BCUT2D eigenvalue weighted by molar-refractivity contribution is 0.591. The molecule has 2 heterocycles. The van der Waals surface area contributed by atoms with Crippen LogP contribution in [0, 0.1) is 12.7 Å². The molecule has 2 aromatic rings. The minimum atomic E-state index is -3.96. The molecule has 0 aromatic carbocycles. The van der Waals surface area contributed by atoms with Crippen LogP contribution in [-0.4, -0.2) is 23.2 Å². The summed E-state index contributed by atoms with van der Waals surface area (Å²) in [6.45, 7) is 1.65. The first-order valence-electron chi connectivity index (χ1n) is 5.23. The molecule has 0 fully saturated rings. The number of halogens is 1. The van der Waals surface area contributed by atoms with E-state index in [1.807, 2.05) is 0 Å². The third kappa shape index (κ3) is 2.50. The fraction of sp³-hybridized carbons (Fsp3) is 0.200. The van der Waals surface area contributed by atoms with Crippen molar-refractivity contribution in [3.63, 3.8) is 0 Å². The number of hydrogen-bond donors (Lipinski definition) is 2. The van der Waals surface area contributed by atoms with Crippen LogP contribution in [-0.2, 0) is 17.1 Å². The number of aryl methyl sites for hydroxylation is 2. The topological polar surface area (TPSA) is 103 Å². The molecule has 0 atom stereocenters. The monoisotopic (exact) mass is 285 g/mol. The molecule has 0 saturated carbocycles. The lowest BCUT2D eigenvalue weighted by Crippen LogP contribution is -2.16. The molecule has 0 aliphatic rings. The normalized spacial score (nSPS) is 11.5. The molecule has 19 heavy (non-hydrogen) atoms. The summed E-state index contributed by atoms with van der Waals surface area (Å²) < 4.78 is 40.7. The van der Waals surface area contributed by atoms with E-state index in [0.29, 0.717) is 5.69 Å². The van der Waals surface area contributed by atoms with Crippen molar-refractivity contribution in [2.24, 2.45) is 7.05 Å². The minimum absolute atomic E-state index is 0.127. The highest BCUT2D eigenvalue weighted by atomic mass is 32.2. The second kappa shape index (κ2) is 4.50. The van der Waals surface area contributed by atoms with Gasteiger partial charge in [-0.05, 0) is 13.0 Å². The van der Waals surface area contributed by atoms with E-state index in [-0.39, 0.29) is 16.4 Å². The SMILES string of the molecule is Cc1nn(C)c(NS(=O)(=O)c2cncc(F)c2)c1N. The Bertz CT molecular complexity index is 726. The zero-order valence-electron chi connectivity index (χ0n) is 10.3. The van der Waals surface area contributed by atoms with E-state index in [0.717, 1.165) is 18.5 Å². The molecule has 0 bridgehead atoms. The van der Waals surface area contributed by atoms with Gasteiger partial charge in [-0.2, -0.15) is 5.10 Å². The van der Waals surface area contributed by atoms with Crippen molar-refractivity contribution in [1.29, 1.82) is 0 Å². The van der Waals surface area contributed by atoms with Crippen molar-refractivity contribution in [1.82, 2.24) is 14.8 Å². The van der Waals surface area contributed by atoms with Gasteiger partial charge in [0, 0.05) is 13.2 Å². The van der Waals surface area contributed by atoms with E-state index in [4.69, 9.17) is 5.73 Å². The van der Waals surface area contributed by atoms with Gasteiger partial charge >= 0.3 is 0 Å². The van der Waals surface area contributed by atoms with Gasteiger partial charge in [-0.3, -0.25) is 9.71 Å². The molecule has 0 radical (unpaired) electrons. The van der Waals surface area contributed by atoms with Gasteiger partial charge in [-0.1, -0.05) is 0 Å². The molecule has 0 aliphatic heterocycles. The number of nitrogens with one attached hydrogen (secondary N) is 1. The van der Waals surface area contributed by atoms with E-state index in [1.54, 1.807) is 14.0 Å². The number of nitrogens with zero attached hydrogens (tertiary/aromatic N) is 3. The smallest absolute Gasteiger partial charge is 0.264 e. The van der Waals surface area contributed by atoms with Crippen molar-refractivity contribution < 1.29 is 12.8 Å². The molecule has 2 aromatic heterocycles. The maximum absolute atomic E-state index is 13.0. The zero-order valence-corrected chi connectivity index (χ0v) is 11.1. The lowest BCUT2D eigenvalue weighted by Gasteiger charge is -2.08. The van der Waals surface area contributed by atoms with Gasteiger partial charge in [0.25, 0.3) is 10.0 Å². The van der Waals surface area contributed by atoms with E-state index in [2.05, 4.69) is 14.8 Å². The number of pyridine rings is 1. The Labute approximate surface area is 109 Å². The van der Waals surface area contributed by atoms with Crippen LogP contribution in [0.15, 0.2) is 23.4 Å². The van der Waals surface area contributed by atoms with Gasteiger partial charge < -0.3 is 5.73 Å². The second-order valence-corrected chi connectivity index (χ2v) is 5.60. The van der Waals surface area contributed by atoms with Gasteiger partial charge in [-0.25, -0.2) is 17.5 Å². The Balaban J connectivity index is 2.42. The summed E-state index contributed by atoms with van der Waals surface area (Å²) in [6.07, 6.45) is 1.96. The Hall–Kier alpha value is -2.16. The molecular formula is C10H12FN5O2S. The van der Waals surface area contributed by atoms with Crippen LogP contribution >= 0.6 is 0 Å². The third-order valence-corrected chi connectivity index (χ3v) is 3.80. The Morgan fingerprint density at radius 2 is 2.11 bits per heavy atom. The van der Waals surface area contributed by atoms with Gasteiger partial charge in [0.05, 0.1) is 17.6 Å². The van der Waals surface area contributed by atoms with Gasteiger partial charge in [0.2, 0.25) is 0 Å². The van der Waals surface area contributed by atoms with Crippen LogP contribution in [0.1, 0.15) is 5.69 Å². The average Bonchev–Trinajstić information content (AvgIpc) is 2.56. The maximum atomic E-state index is 13.0. The summed E-state index contributed by atoms with van der Waals surface area (Å²) in [4.78, 5) is 3.21.